The van der Waals surface area contributed by atoms with E-state index < -0.39 is 39.0 Å². The Labute approximate surface area is 139 Å². The van der Waals surface area contributed by atoms with Gasteiger partial charge in [0.1, 0.15) is 29.5 Å². The number of rotatable bonds is 4. The summed E-state index contributed by atoms with van der Waals surface area (Å²) in [5, 5.41) is 20.2. The number of phosphoric ester groups is 1. The van der Waals surface area contributed by atoms with E-state index in [1.54, 1.807) is 0 Å². The van der Waals surface area contributed by atoms with E-state index in [2.05, 4.69) is 19.5 Å². The molecule has 4 atom stereocenters. The molecule has 0 unspecified atom stereocenters. The van der Waals surface area contributed by atoms with Crippen molar-refractivity contribution in [2.24, 2.45) is 0 Å². The van der Waals surface area contributed by atoms with Crippen molar-refractivity contribution >= 4 is 37.2 Å². The highest BCUT2D eigenvalue weighted by Crippen LogP contribution is 2.38. The van der Waals surface area contributed by atoms with E-state index in [-0.39, 0.29) is 10.6 Å². The number of nitrogens with two attached hydrogens (primary N) is 1. The number of aromatic amines is 1. The van der Waals surface area contributed by atoms with Crippen LogP contribution in [0.4, 0.5) is 5.95 Å². The molecule has 0 saturated carbocycles. The molecule has 1 aliphatic rings. The van der Waals surface area contributed by atoms with Gasteiger partial charge in [0.25, 0.3) is 0 Å². The number of hydrogen-bond acceptors (Lipinski definition) is 9. The summed E-state index contributed by atoms with van der Waals surface area (Å²) in [5.41, 5.74) is 6.24. The second-order valence-corrected chi connectivity index (χ2v) is 6.73. The smallest absolute Gasteiger partial charge is 0.387 e. The summed E-state index contributed by atoms with van der Waals surface area (Å²) in [6.45, 7) is -0.606. The summed E-state index contributed by atoms with van der Waals surface area (Å²) >= 11 is 5.04. The van der Waals surface area contributed by atoms with Crippen LogP contribution in [0.5, 0.6) is 0 Å². The molecule has 132 valence electrons. The molecule has 0 bridgehead atoms. The number of anilines is 1. The number of hydrogen-bond donors (Lipinski definition) is 6. The van der Waals surface area contributed by atoms with Crippen LogP contribution in [-0.2, 0) is 13.8 Å². The van der Waals surface area contributed by atoms with Crippen LogP contribution >= 0.6 is 20.0 Å². The number of nitrogen functional groups attached to an aromatic ring is 1. The van der Waals surface area contributed by atoms with Gasteiger partial charge in [-0.05, 0) is 0 Å². The lowest BCUT2D eigenvalue weighted by atomic mass is 10.1. The zero-order chi connectivity index (χ0) is 17.6. The minimum absolute atomic E-state index is 0.0312. The highest BCUT2D eigenvalue weighted by atomic mass is 32.1. The first-order valence-electron chi connectivity index (χ1n) is 6.61. The van der Waals surface area contributed by atoms with Crippen molar-refractivity contribution < 1.29 is 33.8 Å². The number of nitrogens with one attached hydrogen (secondary N) is 1. The zero-order valence-electron chi connectivity index (χ0n) is 11.9. The monoisotopic (exact) mass is 379 g/mol. The van der Waals surface area contributed by atoms with Crippen molar-refractivity contribution in [3.63, 3.8) is 0 Å². The number of ether oxygens (including phenoxy) is 1. The van der Waals surface area contributed by atoms with E-state index in [1.807, 2.05) is 0 Å². The van der Waals surface area contributed by atoms with E-state index in [1.165, 1.54) is 10.9 Å². The van der Waals surface area contributed by atoms with Crippen molar-refractivity contribution in [1.29, 1.82) is 0 Å². The largest absolute Gasteiger partial charge is 0.469 e. The first-order valence-corrected chi connectivity index (χ1v) is 8.55. The predicted octanol–water partition coefficient (Wildman–Crippen LogP) is -1.20. The Balaban J connectivity index is 1.90. The molecule has 12 nitrogen and oxygen atoms in total. The van der Waals surface area contributed by atoms with E-state index in [0.717, 1.165) is 0 Å². The van der Waals surface area contributed by atoms with Crippen LogP contribution in [0.2, 0.25) is 0 Å². The summed E-state index contributed by atoms with van der Waals surface area (Å²) < 4.78 is 22.0. The lowest BCUT2D eigenvalue weighted by Crippen LogP contribution is -2.33. The molecule has 1 saturated heterocycles. The van der Waals surface area contributed by atoms with Crippen LogP contribution in [0.1, 0.15) is 6.23 Å². The maximum absolute atomic E-state index is 10.8. The summed E-state index contributed by atoms with van der Waals surface area (Å²) in [6.07, 6.45) is -3.77. The fourth-order valence-electron chi connectivity index (χ4n) is 2.41. The van der Waals surface area contributed by atoms with Gasteiger partial charge in [-0.15, -0.1) is 0 Å². The predicted molar refractivity (Wildman–Crippen MR) is 81.0 cm³/mol. The summed E-state index contributed by atoms with van der Waals surface area (Å²) in [4.78, 5) is 28.1. The first-order chi connectivity index (χ1) is 11.2. The van der Waals surface area contributed by atoms with Crippen LogP contribution in [0.3, 0.4) is 0 Å². The molecule has 0 aromatic carbocycles. The third-order valence-electron chi connectivity index (χ3n) is 3.48. The van der Waals surface area contributed by atoms with Crippen molar-refractivity contribution in [3.8, 4) is 0 Å². The molecule has 0 aliphatic carbocycles. The molecule has 2 aromatic rings. The van der Waals surface area contributed by atoms with Gasteiger partial charge in [-0.25, -0.2) is 14.5 Å². The van der Waals surface area contributed by atoms with E-state index in [4.69, 9.17) is 32.5 Å². The van der Waals surface area contributed by atoms with Crippen molar-refractivity contribution in [3.05, 3.63) is 11.0 Å². The highest BCUT2D eigenvalue weighted by molar-refractivity contribution is 7.71. The molecule has 14 heteroatoms. The molecule has 2 aromatic heterocycles. The maximum Gasteiger partial charge on any atom is 0.469 e. The minimum Gasteiger partial charge on any atom is -0.387 e. The van der Waals surface area contributed by atoms with E-state index in [0.29, 0.717) is 11.2 Å². The van der Waals surface area contributed by atoms with Gasteiger partial charge in [0.15, 0.2) is 16.8 Å². The number of aliphatic hydroxyl groups is 2. The number of nitrogens with zero attached hydrogens (tertiary/aromatic N) is 3. The molecule has 3 heterocycles. The third kappa shape index (κ3) is 3.20. The van der Waals surface area contributed by atoms with Gasteiger partial charge < -0.3 is 35.5 Å². The van der Waals surface area contributed by atoms with Gasteiger partial charge in [-0.2, -0.15) is 0 Å². The molecule has 1 aliphatic heterocycles. The maximum atomic E-state index is 10.8. The molecule has 7 N–H and O–H groups in total. The summed E-state index contributed by atoms with van der Waals surface area (Å²) in [7, 11) is -4.73. The molecule has 0 amide bonds. The van der Waals surface area contributed by atoms with Gasteiger partial charge in [-0.3, -0.25) is 9.09 Å². The average Bonchev–Trinajstić information content (AvgIpc) is 3.00. The number of aromatic nitrogens is 4. The molecule has 24 heavy (non-hydrogen) atoms. The Morgan fingerprint density at radius 3 is 2.83 bits per heavy atom. The topological polar surface area (TPSA) is 189 Å². The number of fused-ring (bicyclic) bond motifs is 1. The molecular formula is C10H14N5O7PS. The number of phosphoric acid groups is 1. The number of H-pyrrole nitrogens is 1. The Bertz CT molecular complexity index is 865. The van der Waals surface area contributed by atoms with Gasteiger partial charge in [0.05, 0.1) is 12.9 Å². The van der Waals surface area contributed by atoms with Gasteiger partial charge in [0.2, 0.25) is 0 Å². The number of aliphatic hydroxyl groups excluding tert-OH is 2. The van der Waals surface area contributed by atoms with Crippen LogP contribution in [-0.4, -0.2) is 64.4 Å². The van der Waals surface area contributed by atoms with E-state index in [9.17, 15) is 14.8 Å². The standard InChI is InChI=1S/C10H14N5O7PS/c11-10-13-7-4(8(24)14-10)12-2-15(7)9-6(17)5(16)3(22-9)1-21-23(18,19)20/h2-3,5-6,9,16-17H,1H2,(H2,18,19,20)(H3,11,13,14,24)/t3-,5+,6+,9+/m0/s1. The van der Waals surface area contributed by atoms with Crippen molar-refractivity contribution in [1.82, 2.24) is 19.5 Å². The fourth-order valence-corrected chi connectivity index (χ4v) is 3.00. The van der Waals surface area contributed by atoms with Crippen molar-refractivity contribution in [2.45, 2.75) is 24.5 Å². The van der Waals surface area contributed by atoms with E-state index >= 15 is 0 Å². The Morgan fingerprint density at radius 1 is 1.46 bits per heavy atom. The molecular weight excluding hydrogens is 365 g/mol. The second kappa shape index (κ2) is 6.13. The Morgan fingerprint density at radius 2 is 2.17 bits per heavy atom. The molecule has 3 rings (SSSR count). The van der Waals surface area contributed by atoms with Crippen LogP contribution in [0.15, 0.2) is 6.33 Å². The van der Waals surface area contributed by atoms with Gasteiger partial charge in [0, 0.05) is 0 Å². The summed E-state index contributed by atoms with van der Waals surface area (Å²) in [6, 6.07) is 0. The second-order valence-electron chi connectivity index (χ2n) is 5.11. The molecule has 1 fully saturated rings. The lowest BCUT2D eigenvalue weighted by Gasteiger charge is -2.17. The average molecular weight is 379 g/mol. The van der Waals surface area contributed by atoms with Crippen LogP contribution in [0.25, 0.3) is 11.2 Å². The number of imidazole rings is 1. The molecule has 0 spiro atoms. The quantitative estimate of drug-likeness (QED) is 0.276. The Hall–Kier alpha value is -1.44. The van der Waals surface area contributed by atoms with Gasteiger partial charge >= 0.3 is 7.82 Å². The molecule has 0 radical (unpaired) electrons. The van der Waals surface area contributed by atoms with Crippen LogP contribution in [0, 0.1) is 4.64 Å². The van der Waals surface area contributed by atoms with Gasteiger partial charge in [-0.1, -0.05) is 12.2 Å². The Kier molecular flexibility index (Phi) is 4.44. The first kappa shape index (κ1) is 17.4. The summed E-state index contributed by atoms with van der Waals surface area (Å²) in [5.74, 6) is 0.0312. The SMILES string of the molecule is Nc1nc(=S)c2ncn([C@@H]3O[C@@H](COP(=O)(O)O)[C@@H](O)[C@H]3O)c2[nH]1. The zero-order valence-corrected chi connectivity index (χ0v) is 13.6. The van der Waals surface area contributed by atoms with Crippen LogP contribution < -0.4 is 5.73 Å². The fraction of sp³-hybridized carbons (Fsp3) is 0.500. The van der Waals surface area contributed by atoms with Crippen molar-refractivity contribution in [2.75, 3.05) is 12.3 Å². The normalized spacial score (nSPS) is 27.8. The third-order valence-corrected chi connectivity index (χ3v) is 4.25. The lowest BCUT2D eigenvalue weighted by molar-refractivity contribution is -0.0503. The minimum atomic E-state index is -4.73. The highest BCUT2D eigenvalue weighted by Gasteiger charge is 2.45.